The van der Waals surface area contributed by atoms with E-state index >= 15 is 0 Å². The van der Waals surface area contributed by atoms with Crippen molar-refractivity contribution in [2.75, 3.05) is 6.54 Å². The number of urea groups is 1. The van der Waals surface area contributed by atoms with Crippen LogP contribution < -0.4 is 5.32 Å². The summed E-state index contributed by atoms with van der Waals surface area (Å²) in [6.45, 7) is 0.223. The van der Waals surface area contributed by atoms with E-state index in [1.807, 2.05) is 30.3 Å². The molecule has 17 heavy (non-hydrogen) atoms. The molecule has 90 valence electrons. The maximum Gasteiger partial charge on any atom is 0.342 e. The Morgan fingerprint density at radius 3 is 2.82 bits per heavy atom. The van der Waals surface area contributed by atoms with Crippen molar-refractivity contribution in [3.8, 4) is 0 Å². The van der Waals surface area contributed by atoms with Gasteiger partial charge in [0, 0.05) is 0 Å². The van der Waals surface area contributed by atoms with Gasteiger partial charge in [0.05, 0.1) is 6.54 Å². The van der Waals surface area contributed by atoms with Gasteiger partial charge < -0.3 is 10.4 Å². The molecule has 1 aromatic rings. The summed E-state index contributed by atoms with van der Waals surface area (Å²) in [5.41, 5.74) is 0.872. The fourth-order valence-electron chi connectivity index (χ4n) is 1.54. The molecule has 1 fully saturated rings. The lowest BCUT2D eigenvalue weighted by Crippen LogP contribution is -2.39. The van der Waals surface area contributed by atoms with Gasteiger partial charge in [-0.25, -0.2) is 9.59 Å². The third kappa shape index (κ3) is 2.54. The Balaban J connectivity index is 1.98. The minimum atomic E-state index is -1.09. The van der Waals surface area contributed by atoms with E-state index in [4.69, 9.17) is 9.94 Å². The van der Waals surface area contributed by atoms with Gasteiger partial charge >= 0.3 is 12.0 Å². The van der Waals surface area contributed by atoms with Crippen LogP contribution in [0.25, 0.3) is 0 Å². The van der Waals surface area contributed by atoms with Crippen LogP contribution in [0.1, 0.15) is 5.56 Å². The number of aliphatic carboxylic acids is 1. The molecule has 6 nitrogen and oxygen atoms in total. The number of hydroxylamine groups is 2. The van der Waals surface area contributed by atoms with Gasteiger partial charge in [-0.05, 0) is 5.56 Å². The lowest BCUT2D eigenvalue weighted by atomic mass is 10.2. The van der Waals surface area contributed by atoms with Gasteiger partial charge in [0.15, 0.2) is 6.04 Å². The molecule has 1 heterocycles. The number of carbonyl (C=O) groups excluding carboxylic acids is 1. The second-order valence-corrected chi connectivity index (χ2v) is 3.62. The van der Waals surface area contributed by atoms with Gasteiger partial charge in [0.2, 0.25) is 0 Å². The zero-order chi connectivity index (χ0) is 12.3. The third-order valence-electron chi connectivity index (χ3n) is 2.43. The molecule has 0 bridgehead atoms. The van der Waals surface area contributed by atoms with Crippen LogP contribution in [0.3, 0.4) is 0 Å². The lowest BCUT2D eigenvalue weighted by molar-refractivity contribution is -0.170. The summed E-state index contributed by atoms with van der Waals surface area (Å²) in [6, 6.07) is 7.74. The second kappa shape index (κ2) is 4.84. The number of nitrogens with one attached hydrogen (secondary N) is 1. The van der Waals surface area contributed by atoms with Crippen molar-refractivity contribution in [1.29, 1.82) is 0 Å². The maximum atomic E-state index is 11.3. The number of hydrogen-bond donors (Lipinski definition) is 2. The van der Waals surface area contributed by atoms with Crippen molar-refractivity contribution in [1.82, 2.24) is 10.4 Å². The van der Waals surface area contributed by atoms with E-state index in [1.165, 1.54) is 0 Å². The Morgan fingerprint density at radius 2 is 2.18 bits per heavy atom. The van der Waals surface area contributed by atoms with E-state index < -0.39 is 18.0 Å². The predicted octanol–water partition coefficient (Wildman–Crippen LogP) is 0.597. The van der Waals surface area contributed by atoms with E-state index in [1.54, 1.807) is 0 Å². The summed E-state index contributed by atoms with van der Waals surface area (Å²) < 4.78 is 0. The lowest BCUT2D eigenvalue weighted by Gasteiger charge is -2.18. The number of carboxylic acids is 1. The van der Waals surface area contributed by atoms with E-state index in [9.17, 15) is 9.59 Å². The molecule has 1 aliphatic heterocycles. The number of carboxylic acid groups (broad SMARTS) is 1. The predicted molar refractivity (Wildman–Crippen MR) is 57.9 cm³/mol. The van der Waals surface area contributed by atoms with E-state index in [2.05, 4.69) is 5.32 Å². The van der Waals surface area contributed by atoms with Gasteiger partial charge in [0.25, 0.3) is 0 Å². The fourth-order valence-corrected chi connectivity index (χ4v) is 1.54. The number of nitrogens with zero attached hydrogens (tertiary/aromatic N) is 1. The van der Waals surface area contributed by atoms with E-state index in [-0.39, 0.29) is 13.2 Å². The van der Waals surface area contributed by atoms with E-state index in [0.29, 0.717) is 0 Å². The SMILES string of the molecule is O=C(O)[C@H]1CNC(=O)N1OCc1ccccc1. The monoisotopic (exact) mass is 236 g/mol. The smallest absolute Gasteiger partial charge is 0.342 e. The third-order valence-corrected chi connectivity index (χ3v) is 2.43. The summed E-state index contributed by atoms with van der Waals surface area (Å²) in [5.74, 6) is -1.09. The molecule has 0 aliphatic carbocycles. The highest BCUT2D eigenvalue weighted by molar-refractivity contribution is 5.85. The second-order valence-electron chi connectivity index (χ2n) is 3.62. The Bertz CT molecular complexity index is 421. The quantitative estimate of drug-likeness (QED) is 0.802. The van der Waals surface area contributed by atoms with Crippen LogP contribution in [0.15, 0.2) is 30.3 Å². The van der Waals surface area contributed by atoms with Gasteiger partial charge in [-0.1, -0.05) is 30.3 Å². The van der Waals surface area contributed by atoms with Crippen LogP contribution in [-0.4, -0.2) is 34.8 Å². The highest BCUT2D eigenvalue weighted by Gasteiger charge is 2.37. The summed E-state index contributed by atoms with van der Waals surface area (Å²) in [7, 11) is 0. The van der Waals surface area contributed by atoms with Gasteiger partial charge in [-0.3, -0.25) is 4.84 Å². The van der Waals surface area contributed by atoms with Crippen molar-refractivity contribution >= 4 is 12.0 Å². The van der Waals surface area contributed by atoms with Crippen molar-refractivity contribution in [2.45, 2.75) is 12.6 Å². The molecular weight excluding hydrogens is 224 g/mol. The molecule has 0 spiro atoms. The van der Waals surface area contributed by atoms with Crippen LogP contribution in [0, 0.1) is 0 Å². The molecule has 1 atom stereocenters. The number of amides is 2. The number of hydrogen-bond acceptors (Lipinski definition) is 3. The maximum absolute atomic E-state index is 11.3. The van der Waals surface area contributed by atoms with Crippen LogP contribution in [-0.2, 0) is 16.2 Å². The molecule has 1 aromatic carbocycles. The Labute approximate surface area is 97.7 Å². The highest BCUT2D eigenvalue weighted by Crippen LogP contribution is 2.11. The molecule has 0 unspecified atom stereocenters. The van der Waals surface area contributed by atoms with Crippen molar-refractivity contribution in [3.63, 3.8) is 0 Å². The highest BCUT2D eigenvalue weighted by atomic mass is 16.7. The first-order valence-corrected chi connectivity index (χ1v) is 5.15. The zero-order valence-electron chi connectivity index (χ0n) is 9.00. The topological polar surface area (TPSA) is 78.9 Å². The first-order valence-electron chi connectivity index (χ1n) is 5.15. The number of benzene rings is 1. The van der Waals surface area contributed by atoms with Crippen molar-refractivity contribution in [2.24, 2.45) is 0 Å². The van der Waals surface area contributed by atoms with E-state index in [0.717, 1.165) is 10.6 Å². The molecule has 0 aromatic heterocycles. The summed E-state index contributed by atoms with van der Waals surface area (Å²) in [6.07, 6.45) is 0. The molecule has 1 saturated heterocycles. The van der Waals surface area contributed by atoms with Gasteiger partial charge in [0.1, 0.15) is 6.61 Å². The summed E-state index contributed by atoms with van der Waals surface area (Å²) >= 11 is 0. The summed E-state index contributed by atoms with van der Waals surface area (Å²) in [4.78, 5) is 27.4. The Morgan fingerprint density at radius 1 is 1.47 bits per heavy atom. The first kappa shape index (κ1) is 11.4. The van der Waals surface area contributed by atoms with Crippen LogP contribution in [0.4, 0.5) is 4.79 Å². The minimum Gasteiger partial charge on any atom is -0.480 e. The molecule has 0 saturated carbocycles. The van der Waals surface area contributed by atoms with Crippen molar-refractivity contribution in [3.05, 3.63) is 35.9 Å². The molecular formula is C11H12N2O4. The average Bonchev–Trinajstić information content (AvgIpc) is 2.69. The molecule has 0 radical (unpaired) electrons. The molecule has 2 N–H and O–H groups in total. The van der Waals surface area contributed by atoms with Gasteiger partial charge in [-0.15, -0.1) is 0 Å². The summed E-state index contributed by atoms with van der Waals surface area (Å²) in [5, 5.41) is 12.2. The number of rotatable bonds is 4. The molecule has 6 heteroatoms. The zero-order valence-corrected chi connectivity index (χ0v) is 9.00. The molecule has 1 aliphatic rings. The van der Waals surface area contributed by atoms with Crippen molar-refractivity contribution < 1.29 is 19.5 Å². The Kier molecular flexibility index (Phi) is 3.24. The molecule has 2 amide bonds. The average molecular weight is 236 g/mol. The largest absolute Gasteiger partial charge is 0.480 e. The van der Waals surface area contributed by atoms with Crippen LogP contribution >= 0.6 is 0 Å². The normalized spacial score (nSPS) is 19.2. The Hall–Kier alpha value is -2.08. The van der Waals surface area contributed by atoms with Gasteiger partial charge in [-0.2, -0.15) is 5.06 Å². The van der Waals surface area contributed by atoms with Crippen LogP contribution in [0.2, 0.25) is 0 Å². The standard InChI is InChI=1S/C11H12N2O4/c14-10(15)9-6-12-11(16)13(9)17-7-8-4-2-1-3-5-8/h1-5,9H,6-7H2,(H,12,16)(H,14,15)/t9-/m1/s1. The number of carbonyl (C=O) groups is 2. The fraction of sp³-hybridized carbons (Fsp3) is 0.273. The van der Waals surface area contributed by atoms with Crippen LogP contribution in [0.5, 0.6) is 0 Å². The molecule has 2 rings (SSSR count). The minimum absolute atomic E-state index is 0.0585. The first-order chi connectivity index (χ1) is 8.18.